The molecule has 0 spiro atoms. The highest BCUT2D eigenvalue weighted by Gasteiger charge is 2.33. The van der Waals surface area contributed by atoms with Crippen LogP contribution in [-0.2, 0) is 14.8 Å². The summed E-state index contributed by atoms with van der Waals surface area (Å²) in [6.07, 6.45) is 1.05. The van der Waals surface area contributed by atoms with Crippen LogP contribution in [-0.4, -0.2) is 51.7 Å². The Morgan fingerprint density at radius 2 is 1.87 bits per heavy atom. The minimum absolute atomic E-state index is 0.246. The van der Waals surface area contributed by atoms with E-state index in [9.17, 15) is 13.2 Å². The van der Waals surface area contributed by atoms with Gasteiger partial charge in [0.05, 0.1) is 19.1 Å². The van der Waals surface area contributed by atoms with E-state index in [-0.39, 0.29) is 11.6 Å². The highest BCUT2D eigenvalue weighted by Crippen LogP contribution is 2.34. The van der Waals surface area contributed by atoms with Gasteiger partial charge in [0, 0.05) is 18.1 Å². The van der Waals surface area contributed by atoms with Gasteiger partial charge in [0.15, 0.2) is 0 Å². The van der Waals surface area contributed by atoms with Crippen molar-refractivity contribution in [3.8, 4) is 5.75 Å². The lowest BCUT2D eigenvalue weighted by Gasteiger charge is -2.32. The van der Waals surface area contributed by atoms with Gasteiger partial charge < -0.3 is 9.64 Å². The molecule has 1 rings (SSSR count). The molecular formula is C15H23ClN2O4S. The highest BCUT2D eigenvalue weighted by molar-refractivity contribution is 7.92. The average Bonchev–Trinajstić information content (AvgIpc) is 2.47. The van der Waals surface area contributed by atoms with Crippen LogP contribution in [0.4, 0.5) is 5.69 Å². The maximum absolute atomic E-state index is 12.6. The minimum atomic E-state index is -3.71. The fourth-order valence-electron chi connectivity index (χ4n) is 2.41. The van der Waals surface area contributed by atoms with Crippen molar-refractivity contribution in [3.63, 3.8) is 0 Å². The number of likely N-dealkylation sites (N-methyl/N-ethyl adjacent to an activating group) is 1. The molecule has 23 heavy (non-hydrogen) atoms. The van der Waals surface area contributed by atoms with Crippen LogP contribution in [0.25, 0.3) is 0 Å². The zero-order valence-electron chi connectivity index (χ0n) is 14.0. The molecule has 0 aliphatic rings. The number of carbonyl (C=O) groups excluding carboxylic acids is 1. The van der Waals surface area contributed by atoms with Crippen molar-refractivity contribution in [2.75, 3.05) is 30.8 Å². The molecule has 0 fully saturated rings. The molecule has 0 saturated carbocycles. The highest BCUT2D eigenvalue weighted by atomic mass is 35.5. The van der Waals surface area contributed by atoms with Gasteiger partial charge in [-0.1, -0.05) is 11.6 Å². The number of carbonyl (C=O) groups is 1. The third-order valence-electron chi connectivity index (χ3n) is 3.52. The minimum Gasteiger partial charge on any atom is -0.495 e. The van der Waals surface area contributed by atoms with Crippen LogP contribution in [0.15, 0.2) is 18.2 Å². The smallest absolute Gasteiger partial charge is 0.246 e. The maximum Gasteiger partial charge on any atom is 0.246 e. The number of methoxy groups -OCH3 is 1. The second kappa shape index (κ2) is 7.88. The fourth-order valence-corrected chi connectivity index (χ4v) is 3.74. The summed E-state index contributed by atoms with van der Waals surface area (Å²) in [5, 5.41) is 0.358. The molecule has 0 aromatic heterocycles. The van der Waals surface area contributed by atoms with E-state index in [4.69, 9.17) is 16.3 Å². The third kappa shape index (κ3) is 4.51. The van der Waals surface area contributed by atoms with E-state index in [1.165, 1.54) is 13.2 Å². The van der Waals surface area contributed by atoms with Crippen LogP contribution in [0.3, 0.4) is 0 Å². The van der Waals surface area contributed by atoms with E-state index in [1.807, 2.05) is 13.8 Å². The van der Waals surface area contributed by atoms with Gasteiger partial charge >= 0.3 is 0 Å². The first-order valence-electron chi connectivity index (χ1n) is 7.29. The molecule has 8 heteroatoms. The number of amides is 1. The first-order valence-corrected chi connectivity index (χ1v) is 9.51. The quantitative estimate of drug-likeness (QED) is 0.746. The zero-order chi connectivity index (χ0) is 17.8. The molecule has 0 saturated heterocycles. The lowest BCUT2D eigenvalue weighted by Crippen LogP contribution is -2.49. The Morgan fingerprint density at radius 1 is 1.30 bits per heavy atom. The van der Waals surface area contributed by atoms with E-state index < -0.39 is 16.1 Å². The number of benzene rings is 1. The topological polar surface area (TPSA) is 66.9 Å². The van der Waals surface area contributed by atoms with Gasteiger partial charge in [-0.2, -0.15) is 0 Å². The summed E-state index contributed by atoms with van der Waals surface area (Å²) in [5.41, 5.74) is 0.246. The van der Waals surface area contributed by atoms with Gasteiger partial charge in [-0.25, -0.2) is 8.42 Å². The molecule has 1 atom stereocenters. The number of hydrogen-bond donors (Lipinski definition) is 0. The van der Waals surface area contributed by atoms with Crippen molar-refractivity contribution in [3.05, 3.63) is 23.2 Å². The van der Waals surface area contributed by atoms with Crippen molar-refractivity contribution in [2.45, 2.75) is 26.8 Å². The first-order chi connectivity index (χ1) is 10.7. The summed E-state index contributed by atoms with van der Waals surface area (Å²) in [7, 11) is -2.28. The first kappa shape index (κ1) is 19.6. The number of hydrogen-bond acceptors (Lipinski definition) is 4. The van der Waals surface area contributed by atoms with Crippen molar-refractivity contribution < 1.29 is 17.9 Å². The number of ether oxygens (including phenoxy) is 1. The number of anilines is 1. The van der Waals surface area contributed by atoms with E-state index in [2.05, 4.69) is 0 Å². The Morgan fingerprint density at radius 3 is 2.30 bits per heavy atom. The van der Waals surface area contributed by atoms with E-state index in [1.54, 1.807) is 24.0 Å². The molecule has 0 radical (unpaired) electrons. The van der Waals surface area contributed by atoms with Crippen molar-refractivity contribution in [1.29, 1.82) is 0 Å². The summed E-state index contributed by atoms with van der Waals surface area (Å²) in [4.78, 5) is 14.2. The fraction of sp³-hybridized carbons (Fsp3) is 0.533. The Bertz CT molecular complexity index is 659. The molecule has 1 amide bonds. The second-order valence-corrected chi connectivity index (χ2v) is 7.36. The van der Waals surface area contributed by atoms with E-state index >= 15 is 0 Å². The Kier molecular flexibility index (Phi) is 6.70. The standard InChI is InChI=1S/C15H23ClN2O4S/c1-6-17(7-2)15(19)11(3)18(23(5,20)21)13-10-12(16)8-9-14(13)22-4/h8-11H,6-7H2,1-5H3/t11-/m0/s1. The molecule has 1 aromatic rings. The predicted molar refractivity (Wildman–Crippen MR) is 92.7 cm³/mol. The van der Waals surface area contributed by atoms with E-state index in [0.29, 0.717) is 23.9 Å². The van der Waals surface area contributed by atoms with Crippen LogP contribution >= 0.6 is 11.6 Å². The summed E-state index contributed by atoms with van der Waals surface area (Å²) >= 11 is 6.00. The lowest BCUT2D eigenvalue weighted by molar-refractivity contribution is -0.131. The lowest BCUT2D eigenvalue weighted by atomic mass is 10.2. The van der Waals surface area contributed by atoms with Gasteiger partial charge in [-0.05, 0) is 39.0 Å². The normalized spacial score (nSPS) is 12.6. The molecule has 1 aromatic carbocycles. The van der Waals surface area contributed by atoms with Crippen LogP contribution in [0.1, 0.15) is 20.8 Å². The molecule has 130 valence electrons. The molecular weight excluding hydrogens is 340 g/mol. The molecule has 0 aliphatic carbocycles. The third-order valence-corrected chi connectivity index (χ3v) is 4.98. The monoisotopic (exact) mass is 362 g/mol. The molecule has 0 unspecified atom stereocenters. The predicted octanol–water partition coefficient (Wildman–Crippen LogP) is 2.37. The molecule has 0 N–H and O–H groups in total. The molecule has 0 bridgehead atoms. The van der Waals surface area contributed by atoms with Gasteiger partial charge in [-0.15, -0.1) is 0 Å². The maximum atomic E-state index is 12.6. The average molecular weight is 363 g/mol. The Labute approximate surface area is 143 Å². The van der Waals surface area contributed by atoms with Crippen LogP contribution in [0, 0.1) is 0 Å². The van der Waals surface area contributed by atoms with Gasteiger partial charge in [-0.3, -0.25) is 9.10 Å². The van der Waals surface area contributed by atoms with Crippen LogP contribution < -0.4 is 9.04 Å². The largest absolute Gasteiger partial charge is 0.495 e. The number of nitrogens with zero attached hydrogens (tertiary/aromatic N) is 2. The summed E-state index contributed by atoms with van der Waals surface area (Å²) in [6.45, 7) is 6.26. The summed E-state index contributed by atoms with van der Waals surface area (Å²) in [6, 6.07) is 3.75. The van der Waals surface area contributed by atoms with E-state index in [0.717, 1.165) is 10.6 Å². The number of halogens is 1. The zero-order valence-corrected chi connectivity index (χ0v) is 15.6. The van der Waals surface area contributed by atoms with Crippen LogP contribution in [0.5, 0.6) is 5.75 Å². The number of sulfonamides is 1. The van der Waals surface area contributed by atoms with Crippen molar-refractivity contribution in [1.82, 2.24) is 4.90 Å². The van der Waals surface area contributed by atoms with Crippen molar-refractivity contribution in [2.24, 2.45) is 0 Å². The van der Waals surface area contributed by atoms with Crippen LogP contribution in [0.2, 0.25) is 5.02 Å². The van der Waals surface area contributed by atoms with Gasteiger partial charge in [0.2, 0.25) is 15.9 Å². The van der Waals surface area contributed by atoms with Crippen molar-refractivity contribution >= 4 is 33.2 Å². The SMILES string of the molecule is CCN(CC)C(=O)[C@H](C)N(c1cc(Cl)ccc1OC)S(C)(=O)=O. The van der Waals surface area contributed by atoms with Gasteiger partial charge in [0.1, 0.15) is 11.8 Å². The Hall–Kier alpha value is -1.47. The Balaban J connectivity index is 3.43. The molecule has 0 aliphatic heterocycles. The van der Waals surface area contributed by atoms with Gasteiger partial charge in [0.25, 0.3) is 0 Å². The molecule has 6 nitrogen and oxygen atoms in total. The summed E-state index contributed by atoms with van der Waals surface area (Å²) in [5.74, 6) is 0.0569. The molecule has 0 heterocycles. The second-order valence-electron chi connectivity index (χ2n) is 5.06. The summed E-state index contributed by atoms with van der Waals surface area (Å²) < 4.78 is 30.9. The number of rotatable bonds is 7.